The number of rotatable bonds is 2. The van der Waals surface area contributed by atoms with Gasteiger partial charge in [0.25, 0.3) is 0 Å². The molecule has 0 radical (unpaired) electrons. The van der Waals surface area contributed by atoms with Crippen molar-refractivity contribution in [1.82, 2.24) is 0 Å². The van der Waals surface area contributed by atoms with E-state index < -0.39 is 0 Å². The van der Waals surface area contributed by atoms with Gasteiger partial charge in [-0.2, -0.15) is 0 Å². The van der Waals surface area contributed by atoms with Gasteiger partial charge in [-0.15, -0.1) is 0 Å². The van der Waals surface area contributed by atoms with E-state index in [4.69, 9.17) is 0 Å². The zero-order valence-corrected chi connectivity index (χ0v) is 11.1. The Kier molecular flexibility index (Phi) is 2.43. The average molecular weight is 268 g/mol. The van der Waals surface area contributed by atoms with Gasteiger partial charge in [-0.25, -0.2) is 0 Å². The Morgan fingerprint density at radius 2 is 1.60 bits per heavy atom. The van der Waals surface area contributed by atoms with Gasteiger partial charge < -0.3 is 0 Å². The average Bonchev–Trinajstić information content (AvgIpc) is 2.15. The second-order valence-corrected chi connectivity index (χ2v) is 6.56. The first-order valence-electron chi connectivity index (χ1n) is 6.29. The minimum absolute atomic E-state index is 0.493. The molecule has 4 bridgehead atoms. The second kappa shape index (κ2) is 3.55. The second-order valence-electron chi connectivity index (χ2n) is 6.18. The molecular weight excluding hydrogens is 249 g/mol. The van der Waals surface area contributed by atoms with E-state index in [0.29, 0.717) is 11.5 Å². The van der Waals surface area contributed by atoms with Crippen molar-refractivity contribution in [3.8, 4) is 0 Å². The minimum atomic E-state index is 0.493. The molecule has 15 heavy (non-hydrogen) atoms. The molecule has 4 rings (SSSR count). The molecule has 0 aromatic heterocycles. The molecule has 1 unspecified atom stereocenters. The van der Waals surface area contributed by atoms with Gasteiger partial charge in [0, 0.05) is 0 Å². The van der Waals surface area contributed by atoms with Crippen molar-refractivity contribution in [2.24, 2.45) is 28.2 Å². The summed E-state index contributed by atoms with van der Waals surface area (Å²) in [5, 5.41) is 0. The molecule has 2 heteroatoms. The predicted octanol–water partition coefficient (Wildman–Crippen LogP) is 2.67. The normalized spacial score (nSPS) is 48.7. The van der Waals surface area contributed by atoms with E-state index in [2.05, 4.69) is 32.2 Å². The molecule has 4 saturated carbocycles. The zero-order chi connectivity index (χ0) is 10.5. The van der Waals surface area contributed by atoms with Crippen LogP contribution in [0.4, 0.5) is 0 Å². The van der Waals surface area contributed by atoms with Crippen molar-refractivity contribution in [3.05, 3.63) is 0 Å². The molecule has 0 amide bonds. The van der Waals surface area contributed by atoms with Gasteiger partial charge in [-0.1, -0.05) is 0 Å². The van der Waals surface area contributed by atoms with Gasteiger partial charge >= 0.3 is 99.9 Å². The first-order chi connectivity index (χ1) is 7.22. The molecule has 0 aromatic rings. The Hall–Kier alpha value is 0.0995. The number of nitrogens with zero attached hydrogens (tertiary/aromatic N) is 1. The van der Waals surface area contributed by atoms with E-state index in [9.17, 15) is 0 Å². The summed E-state index contributed by atoms with van der Waals surface area (Å²) < 4.78 is 2.89. The van der Waals surface area contributed by atoms with Crippen LogP contribution in [0.25, 0.3) is 0 Å². The fraction of sp³-hybridized carbons (Fsp3) is 0.923. The van der Waals surface area contributed by atoms with Crippen molar-refractivity contribution in [2.45, 2.75) is 51.5 Å². The van der Waals surface area contributed by atoms with Crippen LogP contribution in [0.2, 0.25) is 0 Å². The molecule has 1 nitrogen and oxygen atoms in total. The molecule has 0 spiro atoms. The molecule has 0 heterocycles. The Labute approximate surface area is 100 Å². The maximum atomic E-state index is 4.51. The molecule has 0 aliphatic heterocycles. The van der Waals surface area contributed by atoms with Crippen molar-refractivity contribution < 1.29 is 0 Å². The maximum absolute atomic E-state index is 4.51. The van der Waals surface area contributed by atoms with Crippen LogP contribution in [0.15, 0.2) is 4.99 Å². The summed E-state index contributed by atoms with van der Waals surface area (Å²) in [6.07, 6.45) is 8.93. The standard InChI is InChI=1S/C13H19NSe/c1-9(14-8-15)13-5-10-2-11(6-13)4-12(3-10)7-13/h9-12H,2-7H2,1H3. The van der Waals surface area contributed by atoms with E-state index in [1.165, 1.54) is 38.5 Å². The van der Waals surface area contributed by atoms with Crippen LogP contribution in [-0.4, -0.2) is 26.3 Å². The molecule has 0 N–H and O–H groups in total. The molecule has 4 fully saturated rings. The third kappa shape index (κ3) is 1.58. The molecule has 0 aromatic carbocycles. The number of hydrogen-bond donors (Lipinski definition) is 0. The van der Waals surface area contributed by atoms with Crippen LogP contribution in [0.1, 0.15) is 45.4 Å². The van der Waals surface area contributed by atoms with Crippen LogP contribution < -0.4 is 0 Å². The van der Waals surface area contributed by atoms with Gasteiger partial charge in [-0.3, -0.25) is 0 Å². The zero-order valence-electron chi connectivity index (χ0n) is 9.41. The van der Waals surface area contributed by atoms with Crippen molar-refractivity contribution in [3.63, 3.8) is 0 Å². The Balaban J connectivity index is 1.89. The van der Waals surface area contributed by atoms with E-state index in [0.717, 1.165) is 17.8 Å². The molecule has 82 valence electrons. The Bertz CT molecular complexity index is 281. The number of aliphatic imine (C=N–C) groups is 1. The Morgan fingerprint density at radius 1 is 1.13 bits per heavy atom. The summed E-state index contributed by atoms with van der Waals surface area (Å²) >= 11 is 2.79. The first-order valence-corrected chi connectivity index (χ1v) is 7.14. The SMILES string of the molecule is CC(N=C=[Se])C12CC3CC(CC(C3)C1)C2. The van der Waals surface area contributed by atoms with E-state index in [1.54, 1.807) is 0 Å². The topological polar surface area (TPSA) is 12.4 Å². The van der Waals surface area contributed by atoms with Crippen LogP contribution in [0.5, 0.6) is 0 Å². The third-order valence-electron chi connectivity index (χ3n) is 5.22. The van der Waals surface area contributed by atoms with Gasteiger partial charge in [0.2, 0.25) is 0 Å². The monoisotopic (exact) mass is 269 g/mol. The van der Waals surface area contributed by atoms with Gasteiger partial charge in [-0.05, 0) is 0 Å². The van der Waals surface area contributed by atoms with E-state index in [-0.39, 0.29) is 0 Å². The third-order valence-corrected chi connectivity index (χ3v) is 5.44. The van der Waals surface area contributed by atoms with Gasteiger partial charge in [0.15, 0.2) is 0 Å². The summed E-state index contributed by atoms with van der Waals surface area (Å²) in [4.78, 5) is 4.51. The van der Waals surface area contributed by atoms with Crippen molar-refractivity contribution in [1.29, 1.82) is 0 Å². The first kappa shape index (κ1) is 10.3. The quantitative estimate of drug-likeness (QED) is 0.539. The van der Waals surface area contributed by atoms with Gasteiger partial charge in [0.1, 0.15) is 0 Å². The van der Waals surface area contributed by atoms with Crippen LogP contribution >= 0.6 is 0 Å². The van der Waals surface area contributed by atoms with E-state index in [1.807, 2.05) is 0 Å². The predicted molar refractivity (Wildman–Crippen MR) is 63.3 cm³/mol. The Morgan fingerprint density at radius 3 is 2.00 bits per heavy atom. The summed E-state index contributed by atoms with van der Waals surface area (Å²) in [6.45, 7) is 2.30. The number of hydrogen-bond acceptors (Lipinski definition) is 1. The van der Waals surface area contributed by atoms with Crippen molar-refractivity contribution >= 4 is 20.3 Å². The van der Waals surface area contributed by atoms with Crippen molar-refractivity contribution in [2.75, 3.05) is 0 Å². The fourth-order valence-corrected chi connectivity index (χ4v) is 5.24. The summed E-state index contributed by atoms with van der Waals surface area (Å²) in [5.41, 5.74) is 0.561. The van der Waals surface area contributed by atoms with Crippen LogP contribution in [-0.2, 0) is 0 Å². The molecule has 1 atom stereocenters. The summed E-state index contributed by atoms with van der Waals surface area (Å²) in [7, 11) is 0. The molecule has 0 saturated heterocycles. The molecular formula is C13H19NSe. The van der Waals surface area contributed by atoms with Crippen LogP contribution in [0, 0.1) is 23.2 Å². The summed E-state index contributed by atoms with van der Waals surface area (Å²) in [6, 6.07) is 0.493. The fourth-order valence-electron chi connectivity index (χ4n) is 4.91. The molecule has 4 aliphatic rings. The van der Waals surface area contributed by atoms with E-state index >= 15 is 0 Å². The van der Waals surface area contributed by atoms with Gasteiger partial charge in [0.05, 0.1) is 0 Å². The summed E-state index contributed by atoms with van der Waals surface area (Å²) in [5.74, 6) is 3.11. The van der Waals surface area contributed by atoms with Crippen LogP contribution in [0.3, 0.4) is 0 Å². The molecule has 4 aliphatic carbocycles.